The predicted octanol–water partition coefficient (Wildman–Crippen LogP) is 4.10. The molecule has 0 aliphatic carbocycles. The minimum absolute atomic E-state index is 0.304. The third-order valence-electron chi connectivity index (χ3n) is 2.63. The molecule has 5 heteroatoms. The molecule has 2 nitrogen and oxygen atoms in total. The molecule has 0 spiro atoms. The Kier molecular flexibility index (Phi) is 3.54. The van der Waals surface area contributed by atoms with Crippen LogP contribution in [0.1, 0.15) is 17.0 Å². The average Bonchev–Trinajstić information content (AvgIpc) is 2.50. The number of halogens is 3. The first-order valence-electron chi connectivity index (χ1n) is 5.12. The normalized spacial score (nSPS) is 10.9. The van der Waals surface area contributed by atoms with Crippen molar-refractivity contribution in [3.05, 3.63) is 50.5 Å². The second-order valence-electron chi connectivity index (χ2n) is 3.88. The van der Waals surface area contributed by atoms with Crippen molar-refractivity contribution in [3.8, 4) is 0 Å². The maximum Gasteiger partial charge on any atom is 0.129 e. The highest BCUT2D eigenvalue weighted by Gasteiger charge is 2.11. The fraction of sp³-hybridized carbons (Fsp3) is 0.250. The number of benzene rings is 1. The number of nitrogens with zero attached hydrogens (tertiary/aromatic N) is 2. The van der Waals surface area contributed by atoms with E-state index in [4.69, 9.17) is 11.6 Å². The highest BCUT2D eigenvalue weighted by Crippen LogP contribution is 2.22. The third-order valence-corrected chi connectivity index (χ3v) is 4.01. The van der Waals surface area contributed by atoms with Gasteiger partial charge in [-0.05, 0) is 41.9 Å². The molecule has 1 heterocycles. The SMILES string of the molecule is Cc1nn(Cc2ccc(Cl)cc2F)c(C)c1Br. The molecule has 0 saturated heterocycles. The summed E-state index contributed by atoms with van der Waals surface area (Å²) in [7, 11) is 0. The molecule has 0 amide bonds. The van der Waals surface area contributed by atoms with E-state index in [9.17, 15) is 4.39 Å². The van der Waals surface area contributed by atoms with Crippen LogP contribution in [0.3, 0.4) is 0 Å². The van der Waals surface area contributed by atoms with Crippen LogP contribution in [0.5, 0.6) is 0 Å². The van der Waals surface area contributed by atoms with Gasteiger partial charge >= 0.3 is 0 Å². The highest BCUT2D eigenvalue weighted by molar-refractivity contribution is 9.10. The Morgan fingerprint density at radius 2 is 2.12 bits per heavy atom. The van der Waals surface area contributed by atoms with E-state index in [1.165, 1.54) is 6.07 Å². The Hall–Kier alpha value is -0.870. The molecular formula is C12H11BrClFN2. The van der Waals surface area contributed by atoms with Crippen LogP contribution in [-0.4, -0.2) is 9.78 Å². The third kappa shape index (κ3) is 2.53. The van der Waals surface area contributed by atoms with E-state index in [-0.39, 0.29) is 5.82 Å². The van der Waals surface area contributed by atoms with Crippen LogP contribution in [0, 0.1) is 19.7 Å². The van der Waals surface area contributed by atoms with E-state index in [2.05, 4.69) is 21.0 Å². The van der Waals surface area contributed by atoms with Gasteiger partial charge in [0.2, 0.25) is 0 Å². The minimum Gasteiger partial charge on any atom is -0.264 e. The molecule has 1 aromatic heterocycles. The summed E-state index contributed by atoms with van der Waals surface area (Å²) < 4.78 is 16.4. The van der Waals surface area contributed by atoms with Gasteiger partial charge in [-0.25, -0.2) is 4.39 Å². The Morgan fingerprint density at radius 3 is 2.65 bits per heavy atom. The zero-order valence-corrected chi connectivity index (χ0v) is 11.8. The molecular weight excluding hydrogens is 307 g/mol. The Morgan fingerprint density at radius 1 is 1.41 bits per heavy atom. The summed E-state index contributed by atoms with van der Waals surface area (Å²) in [6.07, 6.45) is 0. The minimum atomic E-state index is -0.304. The van der Waals surface area contributed by atoms with Gasteiger partial charge in [0.25, 0.3) is 0 Å². The molecule has 0 bridgehead atoms. The van der Waals surface area contributed by atoms with Crippen molar-refractivity contribution in [3.63, 3.8) is 0 Å². The van der Waals surface area contributed by atoms with Crippen LogP contribution in [0.4, 0.5) is 4.39 Å². The second kappa shape index (κ2) is 4.78. The van der Waals surface area contributed by atoms with Gasteiger partial charge in [-0.3, -0.25) is 4.68 Å². The van der Waals surface area contributed by atoms with Crippen LogP contribution >= 0.6 is 27.5 Å². The largest absolute Gasteiger partial charge is 0.264 e. The van der Waals surface area contributed by atoms with Gasteiger partial charge in [0, 0.05) is 10.6 Å². The van der Waals surface area contributed by atoms with Crippen molar-refractivity contribution in [1.82, 2.24) is 9.78 Å². The monoisotopic (exact) mass is 316 g/mol. The van der Waals surface area contributed by atoms with E-state index in [1.807, 2.05) is 13.8 Å². The van der Waals surface area contributed by atoms with Crippen LogP contribution in [0.25, 0.3) is 0 Å². The molecule has 1 aromatic carbocycles. The van der Waals surface area contributed by atoms with Gasteiger partial charge in [-0.15, -0.1) is 0 Å². The molecule has 0 aliphatic heterocycles. The lowest BCUT2D eigenvalue weighted by atomic mass is 10.2. The van der Waals surface area contributed by atoms with Gasteiger partial charge < -0.3 is 0 Å². The van der Waals surface area contributed by atoms with Crippen molar-refractivity contribution in [2.75, 3.05) is 0 Å². The molecule has 0 aliphatic rings. The number of aryl methyl sites for hydroxylation is 1. The lowest BCUT2D eigenvalue weighted by molar-refractivity contribution is 0.579. The van der Waals surface area contributed by atoms with Gasteiger partial charge in [-0.2, -0.15) is 5.10 Å². The fourth-order valence-electron chi connectivity index (χ4n) is 1.64. The van der Waals surface area contributed by atoms with Crippen molar-refractivity contribution in [2.24, 2.45) is 0 Å². The fourth-order valence-corrected chi connectivity index (χ4v) is 2.08. The molecule has 0 N–H and O–H groups in total. The van der Waals surface area contributed by atoms with Crippen molar-refractivity contribution in [1.29, 1.82) is 0 Å². The van der Waals surface area contributed by atoms with Crippen LogP contribution in [0.2, 0.25) is 5.02 Å². The van der Waals surface area contributed by atoms with E-state index in [0.29, 0.717) is 17.1 Å². The number of rotatable bonds is 2. The van der Waals surface area contributed by atoms with E-state index < -0.39 is 0 Å². The molecule has 0 unspecified atom stereocenters. The molecule has 90 valence electrons. The summed E-state index contributed by atoms with van der Waals surface area (Å²) in [6.45, 7) is 4.25. The summed E-state index contributed by atoms with van der Waals surface area (Å²) in [5, 5.41) is 4.74. The van der Waals surface area contributed by atoms with Crippen molar-refractivity contribution in [2.45, 2.75) is 20.4 Å². The second-order valence-corrected chi connectivity index (χ2v) is 5.11. The highest BCUT2D eigenvalue weighted by atomic mass is 79.9. The summed E-state index contributed by atoms with van der Waals surface area (Å²) >= 11 is 9.16. The molecule has 0 saturated carbocycles. The molecule has 2 aromatic rings. The number of hydrogen-bond donors (Lipinski definition) is 0. The van der Waals surface area contributed by atoms with Crippen LogP contribution < -0.4 is 0 Å². The van der Waals surface area contributed by atoms with Gasteiger partial charge in [0.15, 0.2) is 0 Å². The first-order chi connectivity index (χ1) is 7.99. The standard InChI is InChI=1S/C12H11BrClFN2/c1-7-12(13)8(2)17(16-7)6-9-3-4-10(14)5-11(9)15/h3-5H,6H2,1-2H3. The Labute approximate surface area is 113 Å². The molecule has 0 radical (unpaired) electrons. The lowest BCUT2D eigenvalue weighted by Crippen LogP contribution is -2.05. The maximum atomic E-state index is 13.6. The van der Waals surface area contributed by atoms with Gasteiger partial charge in [-0.1, -0.05) is 17.7 Å². The summed E-state index contributed by atoms with van der Waals surface area (Å²) in [4.78, 5) is 0. The number of aromatic nitrogens is 2. The topological polar surface area (TPSA) is 17.8 Å². The molecule has 2 rings (SSSR count). The van der Waals surface area contributed by atoms with Gasteiger partial charge in [0.05, 0.1) is 22.4 Å². The predicted molar refractivity (Wildman–Crippen MR) is 69.9 cm³/mol. The van der Waals surface area contributed by atoms with Crippen molar-refractivity contribution >= 4 is 27.5 Å². The van der Waals surface area contributed by atoms with E-state index in [1.54, 1.807) is 16.8 Å². The zero-order chi connectivity index (χ0) is 12.6. The van der Waals surface area contributed by atoms with Gasteiger partial charge in [0.1, 0.15) is 5.82 Å². The van der Waals surface area contributed by atoms with Crippen molar-refractivity contribution < 1.29 is 4.39 Å². The molecule has 17 heavy (non-hydrogen) atoms. The first-order valence-corrected chi connectivity index (χ1v) is 6.29. The first kappa shape index (κ1) is 12.6. The van der Waals surface area contributed by atoms with E-state index >= 15 is 0 Å². The van der Waals surface area contributed by atoms with Crippen LogP contribution in [0.15, 0.2) is 22.7 Å². The quantitative estimate of drug-likeness (QED) is 0.815. The Balaban J connectivity index is 2.34. The van der Waals surface area contributed by atoms with Crippen LogP contribution in [-0.2, 0) is 6.54 Å². The summed E-state index contributed by atoms with van der Waals surface area (Å²) in [6, 6.07) is 4.68. The summed E-state index contributed by atoms with van der Waals surface area (Å²) in [5.74, 6) is -0.304. The Bertz CT molecular complexity index is 566. The molecule has 0 fully saturated rings. The smallest absolute Gasteiger partial charge is 0.129 e. The average molecular weight is 318 g/mol. The molecule has 0 atom stereocenters. The number of hydrogen-bond acceptors (Lipinski definition) is 1. The maximum absolute atomic E-state index is 13.6. The summed E-state index contributed by atoms with van der Waals surface area (Å²) in [5.41, 5.74) is 2.46. The lowest BCUT2D eigenvalue weighted by Gasteiger charge is -2.06. The van der Waals surface area contributed by atoms with E-state index in [0.717, 1.165) is 15.9 Å². The zero-order valence-electron chi connectivity index (χ0n) is 9.47.